The van der Waals surface area contributed by atoms with Gasteiger partial charge in [-0.2, -0.15) is 0 Å². The summed E-state index contributed by atoms with van der Waals surface area (Å²) in [6.07, 6.45) is 4.19. The van der Waals surface area contributed by atoms with Crippen molar-refractivity contribution in [2.24, 2.45) is 5.92 Å². The van der Waals surface area contributed by atoms with E-state index in [0.29, 0.717) is 21.6 Å². The van der Waals surface area contributed by atoms with Crippen molar-refractivity contribution in [2.75, 3.05) is 18.4 Å². The Bertz CT molecular complexity index is 702. The number of carbonyl (C=O) groups is 1. The number of anilines is 1. The van der Waals surface area contributed by atoms with Gasteiger partial charge in [0.05, 0.1) is 0 Å². The lowest BCUT2D eigenvalue weighted by molar-refractivity contribution is -0.120. The average Bonchev–Trinajstić information content (AvgIpc) is 2.99. The van der Waals surface area contributed by atoms with E-state index in [1.165, 1.54) is 11.3 Å². The lowest BCUT2D eigenvalue weighted by atomic mass is 9.97. The standard InChI is InChI=1S/C16H17Cl2N3OS.ClH/c17-12-1-2-14(18)11(7-12)8-13-9-20-16(23-13)21-15(22)10-3-5-19-6-4-10;/h1-2,7,9-10,19H,3-6,8H2,(H,20,21,22);1H. The first-order valence-corrected chi connectivity index (χ1v) is 9.09. The van der Waals surface area contributed by atoms with Crippen LogP contribution in [0, 0.1) is 5.92 Å². The number of nitrogens with zero attached hydrogens (tertiary/aromatic N) is 1. The van der Waals surface area contributed by atoms with E-state index in [-0.39, 0.29) is 24.2 Å². The Labute approximate surface area is 161 Å². The van der Waals surface area contributed by atoms with Gasteiger partial charge in [0.2, 0.25) is 5.91 Å². The fourth-order valence-electron chi connectivity index (χ4n) is 2.61. The van der Waals surface area contributed by atoms with Crippen molar-refractivity contribution < 1.29 is 4.79 Å². The van der Waals surface area contributed by atoms with Crippen LogP contribution in [0.15, 0.2) is 24.4 Å². The number of carbonyl (C=O) groups excluding carboxylic acids is 1. The van der Waals surface area contributed by atoms with Crippen LogP contribution in [0.4, 0.5) is 5.13 Å². The molecule has 24 heavy (non-hydrogen) atoms. The Morgan fingerprint density at radius 2 is 2.08 bits per heavy atom. The summed E-state index contributed by atoms with van der Waals surface area (Å²) >= 11 is 13.7. The molecule has 0 radical (unpaired) electrons. The molecule has 1 aliphatic heterocycles. The zero-order valence-electron chi connectivity index (χ0n) is 12.9. The van der Waals surface area contributed by atoms with E-state index in [9.17, 15) is 4.79 Å². The third kappa shape index (κ3) is 5.07. The second kappa shape index (κ2) is 9.02. The summed E-state index contributed by atoms with van der Waals surface area (Å²) in [5, 5.41) is 8.17. The number of piperidine rings is 1. The van der Waals surface area contributed by atoms with Gasteiger partial charge < -0.3 is 10.6 Å². The number of thiazole rings is 1. The largest absolute Gasteiger partial charge is 0.317 e. The number of hydrogen-bond acceptors (Lipinski definition) is 4. The molecule has 0 spiro atoms. The molecule has 0 aliphatic carbocycles. The molecule has 3 rings (SSSR count). The monoisotopic (exact) mass is 405 g/mol. The zero-order chi connectivity index (χ0) is 16.2. The molecule has 130 valence electrons. The van der Waals surface area contributed by atoms with Crippen LogP contribution >= 0.6 is 46.9 Å². The molecule has 0 saturated carbocycles. The van der Waals surface area contributed by atoms with Gasteiger partial charge in [0.1, 0.15) is 0 Å². The summed E-state index contributed by atoms with van der Waals surface area (Å²) in [5.41, 5.74) is 0.957. The first-order valence-electron chi connectivity index (χ1n) is 7.52. The van der Waals surface area contributed by atoms with E-state index in [1.807, 2.05) is 6.07 Å². The molecule has 8 heteroatoms. The quantitative estimate of drug-likeness (QED) is 0.791. The van der Waals surface area contributed by atoms with Gasteiger partial charge in [0.25, 0.3) is 0 Å². The maximum atomic E-state index is 12.2. The molecule has 1 fully saturated rings. The zero-order valence-corrected chi connectivity index (χ0v) is 16.0. The third-order valence-electron chi connectivity index (χ3n) is 3.87. The van der Waals surface area contributed by atoms with Crippen LogP contribution in [0.5, 0.6) is 0 Å². The molecular weight excluding hydrogens is 389 g/mol. The highest BCUT2D eigenvalue weighted by Crippen LogP contribution is 2.27. The summed E-state index contributed by atoms with van der Waals surface area (Å²) < 4.78 is 0. The lowest BCUT2D eigenvalue weighted by Gasteiger charge is -2.20. The minimum Gasteiger partial charge on any atom is -0.317 e. The Morgan fingerprint density at radius 1 is 1.33 bits per heavy atom. The van der Waals surface area contributed by atoms with Crippen molar-refractivity contribution in [3.63, 3.8) is 0 Å². The highest BCUT2D eigenvalue weighted by Gasteiger charge is 2.21. The molecule has 2 N–H and O–H groups in total. The molecule has 1 aromatic heterocycles. The van der Waals surface area contributed by atoms with Gasteiger partial charge in [0.15, 0.2) is 5.13 Å². The van der Waals surface area contributed by atoms with E-state index >= 15 is 0 Å². The number of amides is 1. The molecule has 2 heterocycles. The number of aromatic nitrogens is 1. The van der Waals surface area contributed by atoms with Gasteiger partial charge in [-0.25, -0.2) is 4.98 Å². The highest BCUT2D eigenvalue weighted by molar-refractivity contribution is 7.15. The van der Waals surface area contributed by atoms with E-state index in [2.05, 4.69) is 15.6 Å². The van der Waals surface area contributed by atoms with E-state index in [4.69, 9.17) is 23.2 Å². The van der Waals surface area contributed by atoms with Gasteiger partial charge >= 0.3 is 0 Å². The number of rotatable bonds is 4. The Balaban J connectivity index is 0.00000208. The summed E-state index contributed by atoms with van der Waals surface area (Å²) in [4.78, 5) is 17.6. The van der Waals surface area contributed by atoms with Crippen LogP contribution < -0.4 is 10.6 Å². The van der Waals surface area contributed by atoms with Crippen molar-refractivity contribution >= 4 is 58.0 Å². The van der Waals surface area contributed by atoms with Crippen molar-refractivity contribution in [2.45, 2.75) is 19.3 Å². The maximum absolute atomic E-state index is 12.2. The molecule has 1 amide bonds. The van der Waals surface area contributed by atoms with Gasteiger partial charge in [-0.05, 0) is 49.7 Å². The number of nitrogens with one attached hydrogen (secondary N) is 2. The van der Waals surface area contributed by atoms with Crippen molar-refractivity contribution in [1.29, 1.82) is 0 Å². The Morgan fingerprint density at radius 3 is 2.83 bits per heavy atom. The summed E-state index contributed by atoms with van der Waals surface area (Å²) in [7, 11) is 0. The molecule has 0 atom stereocenters. The topological polar surface area (TPSA) is 54.0 Å². The van der Waals surface area contributed by atoms with Crippen molar-refractivity contribution in [3.8, 4) is 0 Å². The second-order valence-corrected chi connectivity index (χ2v) is 7.52. The number of benzene rings is 1. The first-order chi connectivity index (χ1) is 11.1. The summed E-state index contributed by atoms with van der Waals surface area (Å²) in [6, 6.07) is 5.42. The van der Waals surface area contributed by atoms with Crippen molar-refractivity contribution in [1.82, 2.24) is 10.3 Å². The van der Waals surface area contributed by atoms with E-state index < -0.39 is 0 Å². The van der Waals surface area contributed by atoms with Gasteiger partial charge in [-0.15, -0.1) is 23.7 Å². The minimum absolute atomic E-state index is 0. The molecule has 0 bridgehead atoms. The predicted octanol–water partition coefficient (Wildman–Crippen LogP) is 4.40. The van der Waals surface area contributed by atoms with Crippen LogP contribution in [0.2, 0.25) is 10.0 Å². The average molecular weight is 407 g/mol. The summed E-state index contributed by atoms with van der Waals surface area (Å²) in [6.45, 7) is 1.79. The Hall–Kier alpha value is -0.850. The van der Waals surface area contributed by atoms with Gasteiger partial charge in [-0.1, -0.05) is 23.2 Å². The Kier molecular flexibility index (Phi) is 7.32. The number of hydrogen-bond donors (Lipinski definition) is 2. The smallest absolute Gasteiger partial charge is 0.229 e. The fourth-order valence-corrected chi connectivity index (χ4v) is 3.82. The van der Waals surface area contributed by atoms with Crippen LogP contribution in [0.3, 0.4) is 0 Å². The SMILES string of the molecule is Cl.O=C(Nc1ncc(Cc2cc(Cl)ccc2Cl)s1)C1CCNCC1. The number of halogens is 3. The third-order valence-corrected chi connectivity index (χ3v) is 5.38. The van der Waals surface area contributed by atoms with Crippen LogP contribution in [0.25, 0.3) is 0 Å². The second-order valence-electron chi connectivity index (χ2n) is 5.56. The van der Waals surface area contributed by atoms with Crippen molar-refractivity contribution in [3.05, 3.63) is 44.9 Å². The minimum atomic E-state index is 0. The highest BCUT2D eigenvalue weighted by atomic mass is 35.5. The predicted molar refractivity (Wildman–Crippen MR) is 103 cm³/mol. The van der Waals surface area contributed by atoms with Gasteiger partial charge in [-0.3, -0.25) is 4.79 Å². The molecule has 0 unspecified atom stereocenters. The molecule has 4 nitrogen and oxygen atoms in total. The molecule has 1 aromatic carbocycles. The van der Waals surface area contributed by atoms with Gasteiger partial charge in [0, 0.05) is 33.5 Å². The molecule has 2 aromatic rings. The molecule has 1 saturated heterocycles. The van der Waals surface area contributed by atoms with Crippen LogP contribution in [0.1, 0.15) is 23.3 Å². The normalized spacial score (nSPS) is 14.9. The lowest BCUT2D eigenvalue weighted by Crippen LogP contribution is -2.34. The maximum Gasteiger partial charge on any atom is 0.229 e. The summed E-state index contributed by atoms with van der Waals surface area (Å²) in [5.74, 6) is 0.138. The molecule has 1 aliphatic rings. The molecular formula is C16H18Cl3N3OS. The van der Waals surface area contributed by atoms with Crippen LogP contribution in [-0.4, -0.2) is 24.0 Å². The van der Waals surface area contributed by atoms with E-state index in [1.54, 1.807) is 18.3 Å². The van der Waals surface area contributed by atoms with E-state index in [0.717, 1.165) is 36.4 Å². The first kappa shape index (κ1) is 19.5. The fraction of sp³-hybridized carbons (Fsp3) is 0.375. The van der Waals surface area contributed by atoms with Crippen LogP contribution in [-0.2, 0) is 11.2 Å².